The van der Waals surface area contributed by atoms with Gasteiger partial charge in [0.2, 0.25) is 0 Å². The molecule has 6 nitrogen and oxygen atoms in total. The third-order valence-corrected chi connectivity index (χ3v) is 5.09. The molecule has 138 valence electrons. The summed E-state index contributed by atoms with van der Waals surface area (Å²) in [6, 6.07) is 17.4. The number of hydrogen-bond donors (Lipinski definition) is 1. The van der Waals surface area contributed by atoms with Crippen molar-refractivity contribution in [3.63, 3.8) is 0 Å². The van der Waals surface area contributed by atoms with Crippen LogP contribution in [-0.2, 0) is 6.54 Å². The molecular weight excluding hydrogens is 340 g/mol. The number of phenolic OH excluding ortho intramolecular Hbond substituents is 1. The molecule has 4 rings (SSSR count). The lowest BCUT2D eigenvalue weighted by atomic mass is 9.89. The Morgan fingerprint density at radius 1 is 1.04 bits per heavy atom. The SMILES string of the molecule is O=C(c1cn(Cc2ccccc2)nn1)N1CCC(c2ccc(O)cc2)CC1. The Kier molecular flexibility index (Phi) is 4.87. The van der Waals surface area contributed by atoms with Crippen LogP contribution in [0.25, 0.3) is 0 Å². The monoisotopic (exact) mass is 362 g/mol. The normalized spacial score (nSPS) is 15.0. The van der Waals surface area contributed by atoms with Crippen LogP contribution in [-0.4, -0.2) is 44.0 Å². The fourth-order valence-corrected chi connectivity index (χ4v) is 3.57. The number of carbonyl (C=O) groups is 1. The van der Waals surface area contributed by atoms with Gasteiger partial charge in [0.15, 0.2) is 5.69 Å². The average molecular weight is 362 g/mol. The maximum Gasteiger partial charge on any atom is 0.276 e. The van der Waals surface area contributed by atoms with E-state index in [-0.39, 0.29) is 11.7 Å². The fourth-order valence-electron chi connectivity index (χ4n) is 3.57. The Bertz CT molecular complexity index is 897. The molecule has 3 aromatic rings. The summed E-state index contributed by atoms with van der Waals surface area (Å²) in [6.07, 6.45) is 3.55. The van der Waals surface area contributed by atoms with Gasteiger partial charge in [-0.05, 0) is 42.0 Å². The molecule has 1 aliphatic rings. The largest absolute Gasteiger partial charge is 0.508 e. The molecule has 0 bridgehead atoms. The van der Waals surface area contributed by atoms with Crippen LogP contribution in [0.3, 0.4) is 0 Å². The van der Waals surface area contributed by atoms with Gasteiger partial charge in [0.25, 0.3) is 5.91 Å². The van der Waals surface area contributed by atoms with E-state index in [4.69, 9.17) is 0 Å². The van der Waals surface area contributed by atoms with Crippen LogP contribution in [0.2, 0.25) is 0 Å². The van der Waals surface area contributed by atoms with Crippen molar-refractivity contribution in [3.8, 4) is 5.75 Å². The van der Waals surface area contributed by atoms with Crippen molar-refractivity contribution in [1.29, 1.82) is 0 Å². The van der Waals surface area contributed by atoms with Crippen LogP contribution < -0.4 is 0 Å². The number of hydrogen-bond acceptors (Lipinski definition) is 4. The van der Waals surface area contributed by atoms with Crippen molar-refractivity contribution in [2.45, 2.75) is 25.3 Å². The standard InChI is InChI=1S/C21H22N4O2/c26-19-8-6-17(7-9-19)18-10-12-24(13-11-18)21(27)20-15-25(23-22-20)14-16-4-2-1-3-5-16/h1-9,15,18,26H,10-14H2. The zero-order valence-corrected chi connectivity index (χ0v) is 15.0. The first-order valence-electron chi connectivity index (χ1n) is 9.21. The summed E-state index contributed by atoms with van der Waals surface area (Å²) < 4.78 is 1.70. The second-order valence-electron chi connectivity index (χ2n) is 6.94. The molecule has 0 saturated carbocycles. The molecule has 1 amide bonds. The number of nitrogens with zero attached hydrogens (tertiary/aromatic N) is 4. The zero-order valence-electron chi connectivity index (χ0n) is 15.0. The second-order valence-corrected chi connectivity index (χ2v) is 6.94. The summed E-state index contributed by atoms with van der Waals surface area (Å²) in [7, 11) is 0. The number of aromatic nitrogens is 3. The summed E-state index contributed by atoms with van der Waals surface area (Å²) >= 11 is 0. The van der Waals surface area contributed by atoms with Crippen LogP contribution in [0.5, 0.6) is 5.75 Å². The van der Waals surface area contributed by atoms with E-state index in [0.29, 0.717) is 31.2 Å². The first-order valence-corrected chi connectivity index (χ1v) is 9.21. The predicted molar refractivity (Wildman–Crippen MR) is 102 cm³/mol. The molecular formula is C21H22N4O2. The Morgan fingerprint density at radius 3 is 2.44 bits per heavy atom. The Morgan fingerprint density at radius 2 is 1.74 bits per heavy atom. The lowest BCUT2D eigenvalue weighted by molar-refractivity contribution is 0.0707. The molecule has 1 aliphatic heterocycles. The van der Waals surface area contributed by atoms with Crippen molar-refractivity contribution in [3.05, 3.63) is 77.6 Å². The van der Waals surface area contributed by atoms with Gasteiger partial charge in [-0.25, -0.2) is 4.68 Å². The molecule has 0 atom stereocenters. The minimum Gasteiger partial charge on any atom is -0.508 e. The van der Waals surface area contributed by atoms with E-state index < -0.39 is 0 Å². The number of phenols is 1. The van der Waals surface area contributed by atoms with E-state index in [2.05, 4.69) is 10.3 Å². The molecule has 1 fully saturated rings. The second kappa shape index (κ2) is 7.61. The smallest absolute Gasteiger partial charge is 0.276 e. The van der Waals surface area contributed by atoms with E-state index in [1.165, 1.54) is 5.56 Å². The molecule has 0 spiro atoms. The average Bonchev–Trinajstić information content (AvgIpc) is 3.17. The van der Waals surface area contributed by atoms with Crippen LogP contribution >= 0.6 is 0 Å². The maximum absolute atomic E-state index is 12.7. The highest BCUT2D eigenvalue weighted by Crippen LogP contribution is 2.29. The Balaban J connectivity index is 1.36. The highest BCUT2D eigenvalue weighted by molar-refractivity contribution is 5.92. The molecule has 6 heteroatoms. The Labute approximate surface area is 158 Å². The van der Waals surface area contributed by atoms with Crippen LogP contribution in [0, 0.1) is 0 Å². The van der Waals surface area contributed by atoms with E-state index in [1.54, 1.807) is 23.0 Å². The summed E-state index contributed by atoms with van der Waals surface area (Å²) in [5, 5.41) is 17.6. The number of benzene rings is 2. The first-order chi connectivity index (χ1) is 13.2. The van der Waals surface area contributed by atoms with E-state index in [1.807, 2.05) is 47.4 Å². The highest BCUT2D eigenvalue weighted by Gasteiger charge is 2.26. The number of piperidine rings is 1. The summed E-state index contributed by atoms with van der Waals surface area (Å²) in [5.41, 5.74) is 2.74. The van der Waals surface area contributed by atoms with Crippen molar-refractivity contribution in [2.24, 2.45) is 0 Å². The van der Waals surface area contributed by atoms with Gasteiger partial charge in [-0.3, -0.25) is 4.79 Å². The molecule has 2 aromatic carbocycles. The maximum atomic E-state index is 12.7. The van der Waals surface area contributed by atoms with Gasteiger partial charge in [0.05, 0.1) is 12.7 Å². The van der Waals surface area contributed by atoms with Gasteiger partial charge in [0.1, 0.15) is 5.75 Å². The van der Waals surface area contributed by atoms with Gasteiger partial charge in [-0.15, -0.1) is 5.10 Å². The fraction of sp³-hybridized carbons (Fsp3) is 0.286. The van der Waals surface area contributed by atoms with E-state index in [0.717, 1.165) is 18.4 Å². The lowest BCUT2D eigenvalue weighted by Gasteiger charge is -2.31. The molecule has 0 aliphatic carbocycles. The molecule has 1 N–H and O–H groups in total. The van der Waals surface area contributed by atoms with Crippen LogP contribution in [0.15, 0.2) is 60.8 Å². The summed E-state index contributed by atoms with van der Waals surface area (Å²) in [5.74, 6) is 0.645. The van der Waals surface area contributed by atoms with Crippen molar-refractivity contribution >= 4 is 5.91 Å². The lowest BCUT2D eigenvalue weighted by Crippen LogP contribution is -2.38. The molecule has 1 aromatic heterocycles. The predicted octanol–water partition coefficient (Wildman–Crippen LogP) is 3.05. The third kappa shape index (κ3) is 4.00. The van der Waals surface area contributed by atoms with Gasteiger partial charge in [-0.2, -0.15) is 0 Å². The summed E-state index contributed by atoms with van der Waals surface area (Å²) in [4.78, 5) is 14.6. The van der Waals surface area contributed by atoms with Crippen LogP contribution in [0.4, 0.5) is 0 Å². The van der Waals surface area contributed by atoms with Gasteiger partial charge in [0, 0.05) is 13.1 Å². The minimum absolute atomic E-state index is 0.0570. The summed E-state index contributed by atoms with van der Waals surface area (Å²) in [6.45, 7) is 2.01. The Hall–Kier alpha value is -3.15. The van der Waals surface area contributed by atoms with Gasteiger partial charge in [-0.1, -0.05) is 47.7 Å². The quantitative estimate of drug-likeness (QED) is 0.774. The van der Waals surface area contributed by atoms with Crippen molar-refractivity contribution in [2.75, 3.05) is 13.1 Å². The molecule has 1 saturated heterocycles. The highest BCUT2D eigenvalue weighted by atomic mass is 16.3. The minimum atomic E-state index is -0.0570. The van der Waals surface area contributed by atoms with Crippen molar-refractivity contribution in [1.82, 2.24) is 19.9 Å². The third-order valence-electron chi connectivity index (χ3n) is 5.09. The molecule has 0 unspecified atom stereocenters. The first kappa shape index (κ1) is 17.3. The van der Waals surface area contributed by atoms with Gasteiger partial charge >= 0.3 is 0 Å². The molecule has 0 radical (unpaired) electrons. The number of likely N-dealkylation sites (tertiary alicyclic amines) is 1. The van der Waals surface area contributed by atoms with E-state index >= 15 is 0 Å². The molecule has 27 heavy (non-hydrogen) atoms. The number of amides is 1. The number of rotatable bonds is 4. The topological polar surface area (TPSA) is 71.2 Å². The van der Waals surface area contributed by atoms with Crippen LogP contribution in [0.1, 0.15) is 40.4 Å². The van der Waals surface area contributed by atoms with E-state index in [9.17, 15) is 9.90 Å². The number of carbonyl (C=O) groups excluding carboxylic acids is 1. The zero-order chi connectivity index (χ0) is 18.6. The molecule has 2 heterocycles. The van der Waals surface area contributed by atoms with Gasteiger partial charge < -0.3 is 10.0 Å². The number of aromatic hydroxyl groups is 1. The van der Waals surface area contributed by atoms with Crippen molar-refractivity contribution < 1.29 is 9.90 Å².